The van der Waals surface area contributed by atoms with E-state index in [0.717, 1.165) is 11.1 Å². The molecule has 27 heavy (non-hydrogen) atoms. The van der Waals surface area contributed by atoms with Crippen LogP contribution in [-0.2, 0) is 4.79 Å². The average molecular weight is 361 g/mol. The first-order chi connectivity index (χ1) is 12.8. The minimum absolute atomic E-state index is 0.0282. The highest BCUT2D eigenvalue weighted by molar-refractivity contribution is 5.96. The van der Waals surface area contributed by atoms with Gasteiger partial charge in [0.25, 0.3) is 0 Å². The monoisotopic (exact) mass is 361 g/mol. The van der Waals surface area contributed by atoms with Gasteiger partial charge >= 0.3 is 0 Å². The fourth-order valence-electron chi connectivity index (χ4n) is 3.26. The number of nitrogens with zero attached hydrogens (tertiary/aromatic N) is 1. The maximum absolute atomic E-state index is 12.5. The van der Waals surface area contributed by atoms with Crippen molar-refractivity contribution in [2.75, 3.05) is 7.11 Å². The number of ketones is 1. The lowest BCUT2D eigenvalue weighted by molar-refractivity contribution is -0.113. The highest BCUT2D eigenvalue weighted by Crippen LogP contribution is 2.42. The molecule has 1 atom stereocenters. The van der Waals surface area contributed by atoms with Crippen molar-refractivity contribution in [2.24, 2.45) is 0 Å². The first kappa shape index (κ1) is 20.0. The second kappa shape index (κ2) is 8.40. The molecule has 0 saturated carbocycles. The predicted molar refractivity (Wildman–Crippen MR) is 106 cm³/mol. The summed E-state index contributed by atoms with van der Waals surface area (Å²) in [7, 11) is 1.52. The number of methoxy groups -OCH3 is 1. The molecule has 2 rings (SSSR count). The maximum Gasteiger partial charge on any atom is 0.163 e. The summed E-state index contributed by atoms with van der Waals surface area (Å²) in [5, 5.41) is 19.8. The lowest BCUT2D eigenvalue weighted by atomic mass is 9.79. The number of allylic oxidation sites excluding steroid dienone is 6. The maximum atomic E-state index is 12.5. The Morgan fingerprint density at radius 1 is 1.30 bits per heavy atom. The Kier molecular flexibility index (Phi) is 6.23. The number of hydrogen-bond acceptors (Lipinski definition) is 4. The third-order valence-electron chi connectivity index (χ3n) is 4.41. The molecule has 1 unspecified atom stereocenters. The van der Waals surface area contributed by atoms with Gasteiger partial charge in [-0.3, -0.25) is 4.79 Å². The van der Waals surface area contributed by atoms with Crippen LogP contribution in [0.4, 0.5) is 0 Å². The van der Waals surface area contributed by atoms with Crippen LogP contribution >= 0.6 is 0 Å². The average Bonchev–Trinajstić information content (AvgIpc) is 2.79. The Balaban J connectivity index is 2.87. The zero-order valence-electron chi connectivity index (χ0n) is 16.3. The Hall–Kier alpha value is -3.28. The number of aliphatic hydroxyl groups excluding tert-OH is 1. The first-order valence-electron chi connectivity index (χ1n) is 8.61. The van der Waals surface area contributed by atoms with Crippen LogP contribution in [0.3, 0.4) is 0 Å². The topological polar surface area (TPSA) is 70.3 Å². The van der Waals surface area contributed by atoms with Crippen molar-refractivity contribution in [1.29, 1.82) is 5.26 Å². The first-order valence-corrected chi connectivity index (χ1v) is 8.61. The van der Waals surface area contributed by atoms with Gasteiger partial charge in [-0.1, -0.05) is 35.1 Å². The molecule has 4 nitrogen and oxygen atoms in total. The molecule has 1 N–H and O–H groups in total. The Morgan fingerprint density at radius 2 is 2.00 bits per heavy atom. The smallest absolute Gasteiger partial charge is 0.163 e. The van der Waals surface area contributed by atoms with Gasteiger partial charge in [-0.2, -0.15) is 5.26 Å². The molecule has 4 heteroatoms. The molecule has 1 aromatic carbocycles. The molecule has 0 spiro atoms. The number of benzene rings is 1. The number of Topliss-reactive ketones (excluding diaryl/α,β-unsaturated/α-hetero) is 1. The van der Waals surface area contributed by atoms with Crippen molar-refractivity contribution in [3.8, 4) is 11.8 Å². The summed E-state index contributed by atoms with van der Waals surface area (Å²) in [6, 6.07) is 7.19. The van der Waals surface area contributed by atoms with E-state index < -0.39 is 5.92 Å². The van der Waals surface area contributed by atoms with Crippen LogP contribution in [0.2, 0.25) is 0 Å². The number of carbonyl (C=O) groups excluding carboxylic acids is 1. The van der Waals surface area contributed by atoms with Crippen LogP contribution in [0.15, 0.2) is 70.2 Å². The van der Waals surface area contributed by atoms with Gasteiger partial charge in [0.1, 0.15) is 5.75 Å². The Labute approximate surface area is 160 Å². The van der Waals surface area contributed by atoms with Crippen molar-refractivity contribution in [3.63, 3.8) is 0 Å². The fraction of sp³-hybridized carbons (Fsp3) is 0.261. The molecule has 0 aromatic heterocycles. The predicted octanol–water partition coefficient (Wildman–Crippen LogP) is 5.06. The number of rotatable bonds is 5. The van der Waals surface area contributed by atoms with Crippen LogP contribution in [0.1, 0.15) is 44.7 Å². The van der Waals surface area contributed by atoms with E-state index in [1.54, 1.807) is 24.3 Å². The molecule has 1 aliphatic rings. The van der Waals surface area contributed by atoms with Gasteiger partial charge in [0, 0.05) is 22.6 Å². The third kappa shape index (κ3) is 4.28. The lowest BCUT2D eigenvalue weighted by Gasteiger charge is -2.25. The molecule has 138 valence electrons. The summed E-state index contributed by atoms with van der Waals surface area (Å²) in [5.74, 6) is -0.172. The summed E-state index contributed by atoms with van der Waals surface area (Å²) >= 11 is 0. The van der Waals surface area contributed by atoms with Gasteiger partial charge in [-0.25, -0.2) is 0 Å². The molecule has 0 bridgehead atoms. The van der Waals surface area contributed by atoms with Crippen LogP contribution in [0, 0.1) is 11.3 Å². The van der Waals surface area contributed by atoms with Crippen molar-refractivity contribution < 1.29 is 14.6 Å². The molecular weight excluding hydrogens is 338 g/mol. The zero-order valence-corrected chi connectivity index (χ0v) is 16.3. The second-order valence-electron chi connectivity index (χ2n) is 6.64. The number of hydrogen-bond donors (Lipinski definition) is 1. The van der Waals surface area contributed by atoms with E-state index in [1.165, 1.54) is 14.0 Å². The summed E-state index contributed by atoms with van der Waals surface area (Å²) in [4.78, 5) is 12.5. The van der Waals surface area contributed by atoms with Gasteiger partial charge in [0.2, 0.25) is 0 Å². The van der Waals surface area contributed by atoms with Gasteiger partial charge in [-0.05, 0) is 45.9 Å². The van der Waals surface area contributed by atoms with Crippen LogP contribution in [0.5, 0.6) is 5.75 Å². The van der Waals surface area contributed by atoms with E-state index in [2.05, 4.69) is 11.8 Å². The largest absolute Gasteiger partial charge is 0.501 e. The molecule has 0 radical (unpaired) electrons. The van der Waals surface area contributed by atoms with Gasteiger partial charge in [0.05, 0.1) is 18.7 Å². The summed E-state index contributed by atoms with van der Waals surface area (Å²) < 4.78 is 5.52. The number of carbonyl (C=O) groups is 1. The zero-order chi connectivity index (χ0) is 20.1. The van der Waals surface area contributed by atoms with Crippen LogP contribution in [-0.4, -0.2) is 18.0 Å². The molecule has 0 heterocycles. The minimum Gasteiger partial charge on any atom is -0.501 e. The second-order valence-corrected chi connectivity index (χ2v) is 6.64. The summed E-state index contributed by atoms with van der Waals surface area (Å²) in [5.41, 5.74) is 6.92. The molecular formula is C23H23NO3. The highest BCUT2D eigenvalue weighted by atomic mass is 16.5. The molecule has 1 aliphatic carbocycles. The highest BCUT2D eigenvalue weighted by Gasteiger charge is 2.30. The quantitative estimate of drug-likeness (QED) is 0.588. The lowest BCUT2D eigenvalue weighted by Crippen LogP contribution is -2.16. The van der Waals surface area contributed by atoms with Crippen LogP contribution < -0.4 is 4.74 Å². The van der Waals surface area contributed by atoms with E-state index in [9.17, 15) is 15.2 Å². The molecule has 0 fully saturated rings. The third-order valence-corrected chi connectivity index (χ3v) is 4.41. The van der Waals surface area contributed by atoms with E-state index >= 15 is 0 Å². The number of aliphatic hydroxyl groups is 1. The van der Waals surface area contributed by atoms with Crippen molar-refractivity contribution >= 4 is 5.78 Å². The Morgan fingerprint density at radius 3 is 2.56 bits per heavy atom. The van der Waals surface area contributed by atoms with Crippen LogP contribution in [0.25, 0.3) is 0 Å². The summed E-state index contributed by atoms with van der Waals surface area (Å²) in [6.45, 7) is 7.18. The van der Waals surface area contributed by atoms with Gasteiger partial charge in [0.15, 0.2) is 11.5 Å². The van der Waals surface area contributed by atoms with Crippen molar-refractivity contribution in [2.45, 2.75) is 33.6 Å². The van der Waals surface area contributed by atoms with Crippen molar-refractivity contribution in [3.05, 3.63) is 81.3 Å². The molecule has 0 amide bonds. The van der Waals surface area contributed by atoms with Gasteiger partial charge < -0.3 is 9.84 Å². The van der Waals surface area contributed by atoms with E-state index in [0.29, 0.717) is 28.0 Å². The molecule has 0 saturated heterocycles. The van der Waals surface area contributed by atoms with Crippen molar-refractivity contribution in [1.82, 2.24) is 0 Å². The molecule has 1 aromatic rings. The number of nitriles is 1. The van der Waals surface area contributed by atoms with E-state index in [1.807, 2.05) is 32.9 Å². The summed E-state index contributed by atoms with van der Waals surface area (Å²) in [6.07, 6.45) is 5.34. The van der Waals surface area contributed by atoms with E-state index in [4.69, 9.17) is 4.74 Å². The standard InChI is InChI=1S/C23H23NO3/c1-14(2)22(16(4)25)23(19-11-15(3)7-6-8-20(19)26)18-10-9-17(13-24)12-21(18)27-5/h6-7,9-12,23,26H,1-5H3. The molecule has 0 aliphatic heterocycles. The number of ether oxygens (including phenoxy) is 1. The SMILES string of the molecule is COc1cc(C#N)ccc1C(C1=CC(C)=CC=C=C1O)C(C(C)=O)=C(C)C. The Bertz CT molecular complexity index is 973. The minimum atomic E-state index is -0.544. The fourth-order valence-corrected chi connectivity index (χ4v) is 3.26. The normalized spacial score (nSPS) is 14.1. The van der Waals surface area contributed by atoms with Gasteiger partial charge in [-0.15, -0.1) is 0 Å². The van der Waals surface area contributed by atoms with E-state index in [-0.39, 0.29) is 11.5 Å².